The van der Waals surface area contributed by atoms with E-state index in [2.05, 4.69) is 21.2 Å². The number of benzene rings is 2. The second-order valence-corrected chi connectivity index (χ2v) is 6.25. The molecule has 3 aromatic rings. The van der Waals surface area contributed by atoms with Crippen LogP contribution in [-0.4, -0.2) is 11.7 Å². The van der Waals surface area contributed by atoms with Crippen LogP contribution in [0.4, 0.5) is 0 Å². The molecule has 118 valence electrons. The average molecular weight is 372 g/mol. The van der Waals surface area contributed by atoms with Crippen molar-refractivity contribution in [2.75, 3.05) is 6.54 Å². The van der Waals surface area contributed by atoms with E-state index >= 15 is 0 Å². The van der Waals surface area contributed by atoms with Gasteiger partial charge in [0.25, 0.3) is 0 Å². The van der Waals surface area contributed by atoms with E-state index in [0.29, 0.717) is 13.1 Å². The number of furan rings is 1. The van der Waals surface area contributed by atoms with Gasteiger partial charge in [0.15, 0.2) is 0 Å². The Bertz CT molecular complexity index is 738. The van der Waals surface area contributed by atoms with Crippen LogP contribution in [0.1, 0.15) is 17.4 Å². The zero-order valence-corrected chi connectivity index (χ0v) is 14.2. The van der Waals surface area contributed by atoms with Crippen LogP contribution in [0.5, 0.6) is 0 Å². The van der Waals surface area contributed by atoms with Crippen molar-refractivity contribution in [3.05, 3.63) is 82.5 Å². The van der Waals surface area contributed by atoms with E-state index in [9.17, 15) is 5.11 Å². The molecule has 0 bridgehead atoms. The summed E-state index contributed by atoms with van der Waals surface area (Å²) in [5.74, 6) is 1.70. The van der Waals surface area contributed by atoms with Gasteiger partial charge in [0.2, 0.25) is 0 Å². The molecule has 0 fully saturated rings. The van der Waals surface area contributed by atoms with Crippen LogP contribution in [0.2, 0.25) is 0 Å². The SMILES string of the molecule is O[C@@H](CNCc1ccc(-c2ccc(Br)cc2)o1)c1ccccc1. The molecule has 4 heteroatoms. The van der Waals surface area contributed by atoms with E-state index in [0.717, 1.165) is 27.1 Å². The summed E-state index contributed by atoms with van der Waals surface area (Å²) in [6.45, 7) is 1.07. The number of hydrogen-bond acceptors (Lipinski definition) is 3. The van der Waals surface area contributed by atoms with Gasteiger partial charge in [-0.15, -0.1) is 0 Å². The molecule has 1 aromatic heterocycles. The van der Waals surface area contributed by atoms with Gasteiger partial charge >= 0.3 is 0 Å². The van der Waals surface area contributed by atoms with Crippen LogP contribution in [-0.2, 0) is 6.54 Å². The molecule has 0 spiro atoms. The van der Waals surface area contributed by atoms with E-state index in [1.54, 1.807) is 0 Å². The molecule has 0 amide bonds. The van der Waals surface area contributed by atoms with Gasteiger partial charge in [-0.05, 0) is 29.8 Å². The number of aliphatic hydroxyl groups is 1. The average Bonchev–Trinajstić information content (AvgIpc) is 3.05. The Labute approximate surface area is 144 Å². The lowest BCUT2D eigenvalue weighted by Crippen LogP contribution is -2.20. The molecule has 23 heavy (non-hydrogen) atoms. The smallest absolute Gasteiger partial charge is 0.134 e. The van der Waals surface area contributed by atoms with Crippen molar-refractivity contribution in [2.24, 2.45) is 0 Å². The minimum Gasteiger partial charge on any atom is -0.460 e. The maximum atomic E-state index is 10.1. The predicted octanol–water partition coefficient (Wildman–Crippen LogP) is 4.53. The number of hydrogen-bond donors (Lipinski definition) is 2. The normalized spacial score (nSPS) is 12.3. The number of aliphatic hydroxyl groups excluding tert-OH is 1. The summed E-state index contributed by atoms with van der Waals surface area (Å²) in [7, 11) is 0. The van der Waals surface area contributed by atoms with Gasteiger partial charge < -0.3 is 14.8 Å². The third-order valence-electron chi connectivity index (χ3n) is 3.61. The zero-order valence-electron chi connectivity index (χ0n) is 12.6. The Morgan fingerprint density at radius 1 is 0.957 bits per heavy atom. The molecule has 0 unspecified atom stereocenters. The van der Waals surface area contributed by atoms with Gasteiger partial charge in [-0.2, -0.15) is 0 Å². The van der Waals surface area contributed by atoms with Crippen molar-refractivity contribution in [2.45, 2.75) is 12.6 Å². The quantitative estimate of drug-likeness (QED) is 0.668. The molecule has 3 rings (SSSR count). The van der Waals surface area contributed by atoms with Gasteiger partial charge in [-0.1, -0.05) is 58.4 Å². The van der Waals surface area contributed by atoms with Crippen LogP contribution in [0.25, 0.3) is 11.3 Å². The molecule has 1 atom stereocenters. The summed E-state index contributed by atoms with van der Waals surface area (Å²) in [6.07, 6.45) is -0.517. The minimum atomic E-state index is -0.517. The van der Waals surface area contributed by atoms with E-state index in [-0.39, 0.29) is 0 Å². The van der Waals surface area contributed by atoms with Crippen LogP contribution < -0.4 is 5.32 Å². The first-order chi connectivity index (χ1) is 11.2. The standard InChI is InChI=1S/C19H18BrNO2/c20-16-8-6-15(7-9-16)19-11-10-17(23-19)12-21-13-18(22)14-4-2-1-3-5-14/h1-11,18,21-22H,12-13H2/t18-/m0/s1. The number of halogens is 1. The van der Waals surface area contributed by atoms with Gasteiger partial charge in [-0.3, -0.25) is 0 Å². The first-order valence-corrected chi connectivity index (χ1v) is 8.30. The van der Waals surface area contributed by atoms with Crippen molar-refractivity contribution in [3.8, 4) is 11.3 Å². The third kappa shape index (κ3) is 4.32. The molecule has 0 aliphatic heterocycles. The Balaban J connectivity index is 1.54. The van der Waals surface area contributed by atoms with Crippen LogP contribution in [0, 0.1) is 0 Å². The lowest BCUT2D eigenvalue weighted by atomic mass is 10.1. The summed E-state index contributed by atoms with van der Waals surface area (Å²) in [4.78, 5) is 0. The first kappa shape index (κ1) is 16.0. The highest BCUT2D eigenvalue weighted by atomic mass is 79.9. The molecule has 0 aliphatic rings. The largest absolute Gasteiger partial charge is 0.460 e. The molecule has 0 saturated heterocycles. The fourth-order valence-electron chi connectivity index (χ4n) is 2.37. The molecule has 2 aromatic carbocycles. The fourth-order valence-corrected chi connectivity index (χ4v) is 2.63. The summed E-state index contributed by atoms with van der Waals surface area (Å²) in [6, 6.07) is 21.6. The maximum Gasteiger partial charge on any atom is 0.134 e. The van der Waals surface area contributed by atoms with Crippen molar-refractivity contribution in [1.29, 1.82) is 0 Å². The highest BCUT2D eigenvalue weighted by Gasteiger charge is 2.08. The molecule has 2 N–H and O–H groups in total. The third-order valence-corrected chi connectivity index (χ3v) is 4.14. The topological polar surface area (TPSA) is 45.4 Å². The lowest BCUT2D eigenvalue weighted by molar-refractivity contribution is 0.173. The molecular weight excluding hydrogens is 354 g/mol. The van der Waals surface area contributed by atoms with Crippen LogP contribution in [0.15, 0.2) is 75.6 Å². The summed E-state index contributed by atoms with van der Waals surface area (Å²) < 4.78 is 6.88. The molecule has 0 saturated carbocycles. The minimum absolute atomic E-state index is 0.484. The molecule has 0 aliphatic carbocycles. The fraction of sp³-hybridized carbons (Fsp3) is 0.158. The summed E-state index contributed by atoms with van der Waals surface area (Å²) in [5.41, 5.74) is 1.96. The first-order valence-electron chi connectivity index (χ1n) is 7.51. The van der Waals surface area contributed by atoms with Crippen LogP contribution >= 0.6 is 15.9 Å². The number of nitrogens with one attached hydrogen (secondary N) is 1. The van der Waals surface area contributed by atoms with Crippen molar-refractivity contribution < 1.29 is 9.52 Å². The van der Waals surface area contributed by atoms with Crippen molar-refractivity contribution >= 4 is 15.9 Å². The monoisotopic (exact) mass is 371 g/mol. The van der Waals surface area contributed by atoms with Gasteiger partial charge in [-0.25, -0.2) is 0 Å². The lowest BCUT2D eigenvalue weighted by Gasteiger charge is -2.11. The van der Waals surface area contributed by atoms with E-state index in [1.807, 2.05) is 66.7 Å². The molecule has 3 nitrogen and oxygen atoms in total. The van der Waals surface area contributed by atoms with E-state index in [4.69, 9.17) is 4.42 Å². The summed E-state index contributed by atoms with van der Waals surface area (Å²) in [5, 5.41) is 13.3. The second-order valence-electron chi connectivity index (χ2n) is 5.33. The Hall–Kier alpha value is -1.88. The molecule has 0 radical (unpaired) electrons. The summed E-state index contributed by atoms with van der Waals surface area (Å²) >= 11 is 3.43. The highest BCUT2D eigenvalue weighted by molar-refractivity contribution is 9.10. The predicted molar refractivity (Wildman–Crippen MR) is 95.0 cm³/mol. The van der Waals surface area contributed by atoms with E-state index < -0.39 is 6.10 Å². The maximum absolute atomic E-state index is 10.1. The molecular formula is C19H18BrNO2. The Kier molecular flexibility index (Phi) is 5.28. The molecule has 1 heterocycles. The van der Waals surface area contributed by atoms with Crippen LogP contribution in [0.3, 0.4) is 0 Å². The van der Waals surface area contributed by atoms with E-state index in [1.165, 1.54) is 0 Å². The second kappa shape index (κ2) is 7.59. The van der Waals surface area contributed by atoms with Gasteiger partial charge in [0, 0.05) is 16.6 Å². The van der Waals surface area contributed by atoms with Gasteiger partial charge in [0.05, 0.1) is 12.6 Å². The van der Waals surface area contributed by atoms with Crippen molar-refractivity contribution in [1.82, 2.24) is 5.32 Å². The van der Waals surface area contributed by atoms with Gasteiger partial charge in [0.1, 0.15) is 11.5 Å². The Morgan fingerprint density at radius 2 is 1.70 bits per heavy atom. The highest BCUT2D eigenvalue weighted by Crippen LogP contribution is 2.24. The number of rotatable bonds is 6. The zero-order chi connectivity index (χ0) is 16.1. The Morgan fingerprint density at radius 3 is 2.43 bits per heavy atom. The van der Waals surface area contributed by atoms with Crippen molar-refractivity contribution in [3.63, 3.8) is 0 Å².